The molecule has 0 bridgehead atoms. The fraction of sp³-hybridized carbons (Fsp3) is 0.692. The van der Waals surface area contributed by atoms with Gasteiger partial charge >= 0.3 is 0 Å². The molecule has 0 unspecified atom stereocenters. The lowest BCUT2D eigenvalue weighted by atomic mass is 10.00. The van der Waals surface area contributed by atoms with E-state index in [4.69, 9.17) is 0 Å². The van der Waals surface area contributed by atoms with Gasteiger partial charge in [0.15, 0.2) is 0 Å². The first-order valence-corrected chi connectivity index (χ1v) is 6.27. The highest BCUT2D eigenvalue weighted by Gasteiger charge is 2.20. The molecule has 0 aliphatic heterocycles. The number of nitrogens with one attached hydrogen (secondary N) is 1. The molecule has 1 saturated carbocycles. The molecule has 0 saturated heterocycles. The van der Waals surface area contributed by atoms with Crippen molar-refractivity contribution in [1.82, 2.24) is 15.3 Å². The minimum absolute atomic E-state index is 0.609. The Morgan fingerprint density at radius 2 is 2.19 bits per heavy atom. The molecule has 1 aromatic rings. The van der Waals surface area contributed by atoms with Crippen LogP contribution in [0.15, 0.2) is 12.3 Å². The lowest BCUT2D eigenvalue weighted by Crippen LogP contribution is -2.32. The fourth-order valence-electron chi connectivity index (χ4n) is 2.49. The maximum Gasteiger partial charge on any atom is 0.125 e. The fourth-order valence-corrected chi connectivity index (χ4v) is 2.49. The Balaban J connectivity index is 1.82. The van der Waals surface area contributed by atoms with E-state index in [-0.39, 0.29) is 0 Å². The highest BCUT2D eigenvalue weighted by molar-refractivity contribution is 5.01. The Bertz CT molecular complexity index is 332. The summed E-state index contributed by atoms with van der Waals surface area (Å²) in [6.45, 7) is 5.09. The summed E-state index contributed by atoms with van der Waals surface area (Å²) in [5, 5.41) is 3.58. The molecule has 0 amide bonds. The van der Waals surface area contributed by atoms with Gasteiger partial charge < -0.3 is 5.32 Å². The molecule has 2 rings (SSSR count). The molecular formula is C13H21N3. The smallest absolute Gasteiger partial charge is 0.125 e. The number of rotatable bonds is 4. The molecule has 16 heavy (non-hydrogen) atoms. The van der Waals surface area contributed by atoms with Crippen molar-refractivity contribution in [3.63, 3.8) is 0 Å². The van der Waals surface area contributed by atoms with E-state index in [9.17, 15) is 0 Å². The molecular weight excluding hydrogens is 198 g/mol. The minimum atomic E-state index is 0.609. The molecule has 88 valence electrons. The predicted molar refractivity (Wildman–Crippen MR) is 65.0 cm³/mol. The number of nitrogens with zero attached hydrogens (tertiary/aromatic N) is 2. The maximum atomic E-state index is 4.40. The van der Waals surface area contributed by atoms with Crippen LogP contribution < -0.4 is 5.32 Å². The first-order chi connectivity index (χ1) is 7.75. The van der Waals surface area contributed by atoms with Crippen molar-refractivity contribution in [3.8, 4) is 0 Å². The summed E-state index contributed by atoms with van der Waals surface area (Å²) in [5.74, 6) is 1.72. The van der Waals surface area contributed by atoms with Gasteiger partial charge in [-0.2, -0.15) is 0 Å². The summed E-state index contributed by atoms with van der Waals surface area (Å²) < 4.78 is 0. The zero-order valence-electron chi connectivity index (χ0n) is 10.2. The number of aromatic nitrogens is 2. The molecule has 1 atom stereocenters. The largest absolute Gasteiger partial charge is 0.308 e. The van der Waals surface area contributed by atoms with Crippen molar-refractivity contribution in [1.29, 1.82) is 0 Å². The van der Waals surface area contributed by atoms with Gasteiger partial charge in [0.2, 0.25) is 0 Å². The van der Waals surface area contributed by atoms with E-state index >= 15 is 0 Å². The van der Waals surface area contributed by atoms with Crippen LogP contribution in [0, 0.1) is 12.8 Å². The van der Waals surface area contributed by atoms with Gasteiger partial charge in [0.05, 0.1) is 5.69 Å². The van der Waals surface area contributed by atoms with Gasteiger partial charge in [-0.05, 0) is 38.7 Å². The van der Waals surface area contributed by atoms with Crippen LogP contribution in [0.4, 0.5) is 0 Å². The Kier molecular flexibility index (Phi) is 3.88. The van der Waals surface area contributed by atoms with Crippen molar-refractivity contribution in [2.24, 2.45) is 5.92 Å². The van der Waals surface area contributed by atoms with Crippen LogP contribution in [0.2, 0.25) is 0 Å². The second-order valence-corrected chi connectivity index (χ2v) is 4.81. The van der Waals surface area contributed by atoms with E-state index in [1.807, 2.05) is 19.2 Å². The van der Waals surface area contributed by atoms with Crippen molar-refractivity contribution < 1.29 is 0 Å². The van der Waals surface area contributed by atoms with Crippen LogP contribution in [0.5, 0.6) is 0 Å². The van der Waals surface area contributed by atoms with Crippen LogP contribution in [0.1, 0.15) is 44.1 Å². The molecule has 0 radical (unpaired) electrons. The molecule has 1 heterocycles. The third-order valence-electron chi connectivity index (χ3n) is 3.55. The molecule has 0 spiro atoms. The van der Waals surface area contributed by atoms with Crippen molar-refractivity contribution in [3.05, 3.63) is 23.8 Å². The highest BCUT2D eigenvalue weighted by Crippen LogP contribution is 2.27. The van der Waals surface area contributed by atoms with Crippen LogP contribution in [-0.2, 0) is 6.54 Å². The first-order valence-electron chi connectivity index (χ1n) is 6.27. The summed E-state index contributed by atoms with van der Waals surface area (Å²) in [6, 6.07) is 2.60. The van der Waals surface area contributed by atoms with E-state index in [0.717, 1.165) is 24.0 Å². The molecule has 1 aliphatic rings. The van der Waals surface area contributed by atoms with Gasteiger partial charge in [-0.25, -0.2) is 9.97 Å². The van der Waals surface area contributed by atoms with Gasteiger partial charge in [-0.1, -0.05) is 12.8 Å². The number of hydrogen-bond donors (Lipinski definition) is 1. The Morgan fingerprint density at radius 1 is 1.44 bits per heavy atom. The highest BCUT2D eigenvalue weighted by atomic mass is 15.0. The number of aryl methyl sites for hydroxylation is 1. The van der Waals surface area contributed by atoms with Crippen LogP contribution in [-0.4, -0.2) is 16.0 Å². The minimum Gasteiger partial charge on any atom is -0.308 e. The van der Waals surface area contributed by atoms with Crippen molar-refractivity contribution >= 4 is 0 Å². The van der Waals surface area contributed by atoms with Gasteiger partial charge in [0.1, 0.15) is 5.82 Å². The quantitative estimate of drug-likeness (QED) is 0.845. The molecule has 1 fully saturated rings. The van der Waals surface area contributed by atoms with Gasteiger partial charge in [0.25, 0.3) is 0 Å². The average molecular weight is 219 g/mol. The van der Waals surface area contributed by atoms with Gasteiger partial charge in [-0.3, -0.25) is 0 Å². The predicted octanol–water partition coefficient (Wildman–Crippen LogP) is 2.45. The SMILES string of the molecule is Cc1nccc(CN[C@@H](C)C2CCCC2)n1. The second-order valence-electron chi connectivity index (χ2n) is 4.81. The average Bonchev–Trinajstić information content (AvgIpc) is 2.79. The zero-order chi connectivity index (χ0) is 11.4. The summed E-state index contributed by atoms with van der Waals surface area (Å²) in [5.41, 5.74) is 1.09. The second kappa shape index (κ2) is 5.39. The third kappa shape index (κ3) is 3.01. The van der Waals surface area contributed by atoms with E-state index < -0.39 is 0 Å². The monoisotopic (exact) mass is 219 g/mol. The summed E-state index contributed by atoms with van der Waals surface area (Å²) >= 11 is 0. The normalized spacial score (nSPS) is 18.9. The van der Waals surface area contributed by atoms with Crippen molar-refractivity contribution in [2.45, 2.75) is 52.1 Å². The van der Waals surface area contributed by atoms with Crippen LogP contribution >= 0.6 is 0 Å². The Morgan fingerprint density at radius 3 is 2.88 bits per heavy atom. The molecule has 1 aliphatic carbocycles. The maximum absolute atomic E-state index is 4.40. The van der Waals surface area contributed by atoms with E-state index in [1.165, 1.54) is 25.7 Å². The van der Waals surface area contributed by atoms with Gasteiger partial charge in [0, 0.05) is 18.8 Å². The van der Waals surface area contributed by atoms with Crippen LogP contribution in [0.25, 0.3) is 0 Å². The molecule has 1 N–H and O–H groups in total. The molecule has 3 nitrogen and oxygen atoms in total. The zero-order valence-corrected chi connectivity index (χ0v) is 10.2. The molecule has 0 aromatic carbocycles. The van der Waals surface area contributed by atoms with E-state index in [1.54, 1.807) is 0 Å². The standard InChI is InChI=1S/C13H21N3/c1-10(12-5-3-4-6-12)15-9-13-7-8-14-11(2)16-13/h7-8,10,12,15H,3-6,9H2,1-2H3/t10-/m0/s1. The van der Waals surface area contributed by atoms with E-state index in [2.05, 4.69) is 22.2 Å². The summed E-state index contributed by atoms with van der Waals surface area (Å²) in [6.07, 6.45) is 7.42. The lowest BCUT2D eigenvalue weighted by Gasteiger charge is -2.20. The Labute approximate surface area is 97.7 Å². The molecule has 1 aromatic heterocycles. The molecule has 3 heteroatoms. The number of hydrogen-bond acceptors (Lipinski definition) is 3. The first kappa shape index (κ1) is 11.5. The lowest BCUT2D eigenvalue weighted by molar-refractivity contribution is 0.379. The third-order valence-corrected chi connectivity index (χ3v) is 3.55. The van der Waals surface area contributed by atoms with E-state index in [0.29, 0.717) is 6.04 Å². The summed E-state index contributed by atoms with van der Waals surface area (Å²) in [7, 11) is 0. The van der Waals surface area contributed by atoms with Crippen LogP contribution in [0.3, 0.4) is 0 Å². The van der Waals surface area contributed by atoms with Crippen molar-refractivity contribution in [2.75, 3.05) is 0 Å². The Hall–Kier alpha value is -0.960. The topological polar surface area (TPSA) is 37.8 Å². The summed E-state index contributed by atoms with van der Waals surface area (Å²) in [4.78, 5) is 8.50. The van der Waals surface area contributed by atoms with Gasteiger partial charge in [-0.15, -0.1) is 0 Å².